The molecule has 0 amide bonds. The maximum Gasteiger partial charge on any atom is -0.0243 e. The maximum atomic E-state index is 2.69. The zero-order valence-corrected chi connectivity index (χ0v) is 17.9. The SMILES string of the molecule is CCC1CCC(C(C)C(CC)(CC)C2CCCC3CCCCC32)CC1. The Kier molecular flexibility index (Phi) is 6.95. The predicted molar refractivity (Wildman–Crippen MR) is 111 cm³/mol. The summed E-state index contributed by atoms with van der Waals surface area (Å²) >= 11 is 0. The summed E-state index contributed by atoms with van der Waals surface area (Å²) in [4.78, 5) is 0. The summed E-state index contributed by atoms with van der Waals surface area (Å²) in [6.07, 6.45) is 21.2. The summed E-state index contributed by atoms with van der Waals surface area (Å²) in [5.74, 6) is 6.22. The summed E-state index contributed by atoms with van der Waals surface area (Å²) in [5, 5.41) is 0. The fourth-order valence-electron chi connectivity index (χ4n) is 7.97. The lowest BCUT2D eigenvalue weighted by Crippen LogP contribution is -2.47. The van der Waals surface area contributed by atoms with E-state index in [0.717, 1.165) is 35.5 Å². The van der Waals surface area contributed by atoms with Crippen LogP contribution in [0, 0.1) is 40.9 Å². The van der Waals surface area contributed by atoms with Crippen LogP contribution in [0.25, 0.3) is 0 Å². The van der Waals surface area contributed by atoms with E-state index in [9.17, 15) is 0 Å². The van der Waals surface area contributed by atoms with Gasteiger partial charge in [0.05, 0.1) is 0 Å². The van der Waals surface area contributed by atoms with Crippen LogP contribution in [-0.4, -0.2) is 0 Å². The Hall–Kier alpha value is 0. The van der Waals surface area contributed by atoms with Crippen LogP contribution in [0.15, 0.2) is 0 Å². The van der Waals surface area contributed by atoms with Crippen molar-refractivity contribution in [3.8, 4) is 0 Å². The summed E-state index contributed by atoms with van der Waals surface area (Å²) < 4.78 is 0. The lowest BCUT2D eigenvalue weighted by atomic mass is 9.50. The van der Waals surface area contributed by atoms with Crippen LogP contribution in [0.4, 0.5) is 0 Å². The predicted octanol–water partition coefficient (Wildman–Crippen LogP) is 8.25. The highest BCUT2D eigenvalue weighted by Gasteiger charge is 2.49. The minimum absolute atomic E-state index is 0.643. The molecule has 0 N–H and O–H groups in total. The third-order valence-electron chi connectivity index (χ3n) is 9.71. The fraction of sp³-hybridized carbons (Fsp3) is 1.00. The molecule has 0 saturated heterocycles. The maximum absolute atomic E-state index is 2.69. The summed E-state index contributed by atoms with van der Waals surface area (Å²) in [6.45, 7) is 10.2. The molecule has 0 aromatic carbocycles. The topological polar surface area (TPSA) is 0 Å². The number of hydrogen-bond acceptors (Lipinski definition) is 0. The monoisotopic (exact) mass is 346 g/mol. The number of rotatable bonds is 6. The first-order chi connectivity index (χ1) is 12.2. The van der Waals surface area contributed by atoms with Crippen molar-refractivity contribution in [2.45, 2.75) is 118 Å². The van der Waals surface area contributed by atoms with Crippen molar-refractivity contribution in [2.75, 3.05) is 0 Å². The quantitative estimate of drug-likeness (QED) is 0.454. The molecule has 0 aromatic rings. The molecule has 3 aliphatic carbocycles. The molecule has 25 heavy (non-hydrogen) atoms. The van der Waals surface area contributed by atoms with Crippen molar-refractivity contribution in [3.05, 3.63) is 0 Å². The summed E-state index contributed by atoms with van der Waals surface area (Å²) in [7, 11) is 0. The van der Waals surface area contributed by atoms with Crippen LogP contribution < -0.4 is 0 Å². The highest BCUT2D eigenvalue weighted by molar-refractivity contribution is 4.99. The normalized spacial score (nSPS) is 38.2. The van der Waals surface area contributed by atoms with Gasteiger partial charge in [-0.2, -0.15) is 0 Å². The van der Waals surface area contributed by atoms with Gasteiger partial charge in [-0.05, 0) is 79.4 Å². The summed E-state index contributed by atoms with van der Waals surface area (Å²) in [6, 6.07) is 0. The first kappa shape index (κ1) is 19.8. The molecule has 146 valence electrons. The second-order valence-electron chi connectivity index (χ2n) is 10.2. The largest absolute Gasteiger partial charge is 0.0651 e. The van der Waals surface area contributed by atoms with Crippen molar-refractivity contribution in [1.29, 1.82) is 0 Å². The molecule has 0 aromatic heterocycles. The Morgan fingerprint density at radius 1 is 0.760 bits per heavy atom. The summed E-state index contributed by atoms with van der Waals surface area (Å²) in [5.41, 5.74) is 0.643. The third-order valence-corrected chi connectivity index (χ3v) is 9.71. The minimum Gasteiger partial charge on any atom is -0.0651 e. The molecule has 0 heterocycles. The second kappa shape index (κ2) is 8.79. The Balaban J connectivity index is 1.77. The first-order valence-electron chi connectivity index (χ1n) is 12.2. The van der Waals surface area contributed by atoms with Gasteiger partial charge in [0.1, 0.15) is 0 Å². The van der Waals surface area contributed by atoms with Crippen molar-refractivity contribution < 1.29 is 0 Å². The van der Waals surface area contributed by atoms with E-state index in [4.69, 9.17) is 0 Å². The van der Waals surface area contributed by atoms with Crippen LogP contribution in [0.1, 0.15) is 118 Å². The molecule has 0 spiro atoms. The number of fused-ring (bicyclic) bond motifs is 1. The van der Waals surface area contributed by atoms with E-state index in [1.807, 2.05) is 0 Å². The van der Waals surface area contributed by atoms with E-state index in [0.29, 0.717) is 5.41 Å². The van der Waals surface area contributed by atoms with E-state index >= 15 is 0 Å². The Labute approximate surface area is 158 Å². The molecule has 3 saturated carbocycles. The van der Waals surface area contributed by atoms with Gasteiger partial charge in [0, 0.05) is 0 Å². The van der Waals surface area contributed by atoms with Crippen molar-refractivity contribution in [1.82, 2.24) is 0 Å². The third kappa shape index (κ3) is 3.84. The van der Waals surface area contributed by atoms with Crippen molar-refractivity contribution in [2.24, 2.45) is 40.9 Å². The van der Waals surface area contributed by atoms with Gasteiger partial charge in [-0.3, -0.25) is 0 Å². The lowest BCUT2D eigenvalue weighted by Gasteiger charge is -2.55. The van der Waals surface area contributed by atoms with Crippen molar-refractivity contribution in [3.63, 3.8) is 0 Å². The van der Waals surface area contributed by atoms with Crippen LogP contribution in [0.3, 0.4) is 0 Å². The van der Waals surface area contributed by atoms with E-state index in [1.54, 1.807) is 25.7 Å². The van der Waals surface area contributed by atoms with E-state index < -0.39 is 0 Å². The van der Waals surface area contributed by atoms with Gasteiger partial charge < -0.3 is 0 Å². The molecule has 4 atom stereocenters. The van der Waals surface area contributed by atoms with E-state index in [2.05, 4.69) is 27.7 Å². The van der Waals surface area contributed by atoms with Gasteiger partial charge in [-0.1, -0.05) is 79.1 Å². The van der Waals surface area contributed by atoms with Gasteiger partial charge in [0.2, 0.25) is 0 Å². The van der Waals surface area contributed by atoms with Crippen LogP contribution >= 0.6 is 0 Å². The molecule has 0 heteroatoms. The Morgan fingerprint density at radius 2 is 1.40 bits per heavy atom. The molecular weight excluding hydrogens is 300 g/mol. The smallest absolute Gasteiger partial charge is 0.0243 e. The molecule has 3 fully saturated rings. The van der Waals surface area contributed by atoms with Crippen LogP contribution in [-0.2, 0) is 0 Å². The average Bonchev–Trinajstić information content (AvgIpc) is 2.69. The molecule has 3 aliphatic rings. The zero-order valence-electron chi connectivity index (χ0n) is 17.9. The highest BCUT2D eigenvalue weighted by atomic mass is 14.5. The highest BCUT2D eigenvalue weighted by Crippen LogP contribution is 2.58. The van der Waals surface area contributed by atoms with E-state index in [-0.39, 0.29) is 0 Å². The first-order valence-corrected chi connectivity index (χ1v) is 12.2. The van der Waals surface area contributed by atoms with Gasteiger partial charge in [0.25, 0.3) is 0 Å². The van der Waals surface area contributed by atoms with Crippen LogP contribution in [0.2, 0.25) is 0 Å². The molecular formula is C25H46. The average molecular weight is 347 g/mol. The van der Waals surface area contributed by atoms with Gasteiger partial charge >= 0.3 is 0 Å². The van der Waals surface area contributed by atoms with Crippen molar-refractivity contribution >= 4 is 0 Å². The van der Waals surface area contributed by atoms with Gasteiger partial charge in [0.15, 0.2) is 0 Å². The van der Waals surface area contributed by atoms with Crippen LogP contribution in [0.5, 0.6) is 0 Å². The van der Waals surface area contributed by atoms with Gasteiger partial charge in [-0.25, -0.2) is 0 Å². The zero-order chi connectivity index (χ0) is 17.9. The van der Waals surface area contributed by atoms with Gasteiger partial charge in [-0.15, -0.1) is 0 Å². The molecule has 0 radical (unpaired) electrons. The molecule has 0 aliphatic heterocycles. The molecule has 4 unspecified atom stereocenters. The van der Waals surface area contributed by atoms with E-state index in [1.165, 1.54) is 64.2 Å². The minimum atomic E-state index is 0.643. The fourth-order valence-corrected chi connectivity index (χ4v) is 7.97. The Bertz CT molecular complexity index is 383. The molecule has 0 bridgehead atoms. The Morgan fingerprint density at radius 3 is 2.04 bits per heavy atom. The molecule has 0 nitrogen and oxygen atoms in total. The second-order valence-corrected chi connectivity index (χ2v) is 10.2. The lowest BCUT2D eigenvalue weighted by molar-refractivity contribution is -0.0578. The standard InChI is InChI=1S/C25H46/c1-5-20-15-17-21(18-16-20)19(4)25(6-2,7-3)24-14-10-12-22-11-8-9-13-23(22)24/h19-24H,5-18H2,1-4H3. The number of hydrogen-bond donors (Lipinski definition) is 0. The molecule has 3 rings (SSSR count).